The molecule has 7 heteroatoms. The van der Waals surface area contributed by atoms with Crippen LogP contribution in [0.1, 0.15) is 5.69 Å². The zero-order valence-electron chi connectivity index (χ0n) is 7.39. The van der Waals surface area contributed by atoms with Gasteiger partial charge in [0.2, 0.25) is 0 Å². The molecule has 2 N–H and O–H groups in total. The third kappa shape index (κ3) is 3.00. The molecule has 0 bridgehead atoms. The Labute approximate surface area is 89.3 Å². The third-order valence-corrected chi connectivity index (χ3v) is 2.20. The minimum Gasteiger partial charge on any atom is -0.384 e. The number of aromatic nitrogens is 1. The summed E-state index contributed by atoms with van der Waals surface area (Å²) in [5, 5.41) is 5.59. The van der Waals surface area contributed by atoms with Crippen molar-refractivity contribution in [2.24, 2.45) is 5.16 Å². The smallest absolute Gasteiger partial charge is 0.259 e. The molecular formula is C7H8N3O2S2. The van der Waals surface area contributed by atoms with Crippen molar-refractivity contribution in [3.05, 3.63) is 11.1 Å². The summed E-state index contributed by atoms with van der Waals surface area (Å²) in [6.45, 7) is 0. The number of anilines is 1. The number of thioether (sulfide) groups is 1. The Morgan fingerprint density at radius 1 is 1.93 bits per heavy atom. The van der Waals surface area contributed by atoms with Gasteiger partial charge in [-0.15, -0.1) is 23.1 Å². The lowest BCUT2D eigenvalue weighted by Gasteiger charge is -1.95. The molecule has 1 heterocycles. The van der Waals surface area contributed by atoms with E-state index in [2.05, 4.69) is 10.1 Å². The van der Waals surface area contributed by atoms with Crippen LogP contribution < -0.4 is 5.73 Å². The fourth-order valence-corrected chi connectivity index (χ4v) is 1.36. The summed E-state index contributed by atoms with van der Waals surface area (Å²) in [6, 6.07) is 0. The maximum atomic E-state index is 10.5. The molecule has 75 valence electrons. The van der Waals surface area contributed by atoms with E-state index >= 15 is 0 Å². The van der Waals surface area contributed by atoms with Crippen LogP contribution in [-0.2, 0) is 9.63 Å². The van der Waals surface area contributed by atoms with Gasteiger partial charge < -0.3 is 10.6 Å². The largest absolute Gasteiger partial charge is 0.384 e. The number of nitrogens with two attached hydrogens (primary N) is 1. The van der Waals surface area contributed by atoms with E-state index < -0.39 is 0 Å². The predicted molar refractivity (Wildman–Crippen MR) is 58.2 cm³/mol. The van der Waals surface area contributed by atoms with Crippen LogP contribution in [0, 0.1) is 0 Å². The van der Waals surface area contributed by atoms with Gasteiger partial charge in [0, 0.05) is 5.38 Å². The first-order valence-electron chi connectivity index (χ1n) is 3.56. The topological polar surface area (TPSA) is 77.6 Å². The molecule has 0 aromatic carbocycles. The van der Waals surface area contributed by atoms with Crippen LogP contribution in [0.2, 0.25) is 0 Å². The average molecular weight is 230 g/mol. The van der Waals surface area contributed by atoms with Gasteiger partial charge >= 0.3 is 0 Å². The van der Waals surface area contributed by atoms with E-state index in [1.807, 2.05) is 6.26 Å². The molecule has 0 atom stereocenters. The minimum atomic E-state index is 0.0343. The highest BCUT2D eigenvalue weighted by molar-refractivity contribution is 7.98. The zero-order chi connectivity index (χ0) is 10.4. The highest BCUT2D eigenvalue weighted by atomic mass is 32.2. The Morgan fingerprint density at radius 3 is 3.21 bits per heavy atom. The number of hydrogen-bond donors (Lipinski definition) is 1. The van der Waals surface area contributed by atoms with E-state index in [1.165, 1.54) is 23.1 Å². The number of hydrogen-bond acceptors (Lipinski definition) is 7. The summed E-state index contributed by atoms with van der Waals surface area (Å²) < 4.78 is 0. The van der Waals surface area contributed by atoms with Gasteiger partial charge in [-0.3, -0.25) is 4.79 Å². The predicted octanol–water partition coefficient (Wildman–Crippen LogP) is 0.876. The van der Waals surface area contributed by atoms with Crippen LogP contribution in [0.15, 0.2) is 10.5 Å². The molecule has 0 aliphatic rings. The van der Waals surface area contributed by atoms with Crippen LogP contribution in [0.4, 0.5) is 5.13 Å². The van der Waals surface area contributed by atoms with Crippen molar-refractivity contribution in [3.63, 3.8) is 0 Å². The van der Waals surface area contributed by atoms with Gasteiger partial charge in [-0.25, -0.2) is 4.98 Å². The van der Waals surface area contributed by atoms with E-state index in [4.69, 9.17) is 10.6 Å². The number of nitrogens with zero attached hydrogens (tertiary/aromatic N) is 2. The lowest BCUT2D eigenvalue weighted by atomic mass is 10.3. The fourth-order valence-electron chi connectivity index (χ4n) is 0.658. The molecule has 1 aromatic rings. The second-order valence-corrected chi connectivity index (χ2v) is 3.85. The molecule has 0 aliphatic heterocycles. The standard InChI is InChI=1S/C7H8N3O2S2/c1-13-4-12-10-5(2-11)6-3-14-7(8)9-6/h3H,4H2,1H3,(H2,8,9)/b10-5+. The number of thiazole rings is 1. The highest BCUT2D eigenvalue weighted by Gasteiger charge is 2.08. The average Bonchev–Trinajstić information content (AvgIpc) is 2.60. The molecule has 1 aromatic heterocycles. The van der Waals surface area contributed by atoms with Gasteiger partial charge in [0.05, 0.1) is 0 Å². The fraction of sp³-hybridized carbons (Fsp3) is 0.286. The van der Waals surface area contributed by atoms with Crippen LogP contribution in [-0.4, -0.2) is 29.2 Å². The molecule has 14 heavy (non-hydrogen) atoms. The molecule has 0 unspecified atom stereocenters. The van der Waals surface area contributed by atoms with Crippen molar-refractivity contribution in [1.29, 1.82) is 0 Å². The molecule has 0 saturated carbocycles. The van der Waals surface area contributed by atoms with Crippen LogP contribution in [0.5, 0.6) is 0 Å². The van der Waals surface area contributed by atoms with E-state index in [1.54, 1.807) is 11.7 Å². The van der Waals surface area contributed by atoms with Gasteiger partial charge in [-0.2, -0.15) is 0 Å². The van der Waals surface area contributed by atoms with Crippen molar-refractivity contribution in [2.45, 2.75) is 0 Å². The van der Waals surface area contributed by atoms with Crippen molar-refractivity contribution >= 4 is 40.2 Å². The number of carbonyl (C=O) groups excluding carboxylic acids is 1. The first-order valence-corrected chi connectivity index (χ1v) is 5.83. The lowest BCUT2D eigenvalue weighted by molar-refractivity contribution is 0.197. The number of oxime groups is 1. The molecule has 0 aliphatic carbocycles. The lowest BCUT2D eigenvalue weighted by Crippen LogP contribution is -2.04. The molecule has 0 amide bonds. The minimum absolute atomic E-state index is 0.0343. The Hall–Kier alpha value is -1.08. The molecule has 1 rings (SSSR count). The van der Waals surface area contributed by atoms with Gasteiger partial charge in [0.15, 0.2) is 16.8 Å². The van der Waals surface area contributed by atoms with E-state index in [9.17, 15) is 4.79 Å². The van der Waals surface area contributed by atoms with Crippen LogP contribution in [0.25, 0.3) is 0 Å². The third-order valence-electron chi connectivity index (χ3n) is 1.19. The van der Waals surface area contributed by atoms with Gasteiger partial charge in [0.25, 0.3) is 6.29 Å². The maximum absolute atomic E-state index is 10.5. The van der Waals surface area contributed by atoms with Gasteiger partial charge in [-0.05, 0) is 6.26 Å². The van der Waals surface area contributed by atoms with Gasteiger partial charge in [0.1, 0.15) is 5.69 Å². The summed E-state index contributed by atoms with van der Waals surface area (Å²) in [5.41, 5.74) is 5.83. The van der Waals surface area contributed by atoms with Crippen molar-refractivity contribution in [2.75, 3.05) is 17.9 Å². The van der Waals surface area contributed by atoms with Crippen molar-refractivity contribution in [3.8, 4) is 0 Å². The molecule has 0 fully saturated rings. The Kier molecular flexibility index (Phi) is 4.41. The Morgan fingerprint density at radius 2 is 2.71 bits per heavy atom. The normalized spacial score (nSPS) is 11.4. The first kappa shape index (κ1) is 11.0. The number of rotatable bonds is 5. The van der Waals surface area contributed by atoms with Crippen molar-refractivity contribution in [1.82, 2.24) is 4.98 Å². The summed E-state index contributed by atoms with van der Waals surface area (Å²) in [5.74, 6) is 0.380. The van der Waals surface area contributed by atoms with Crippen LogP contribution in [0.3, 0.4) is 0 Å². The molecular weight excluding hydrogens is 222 g/mol. The van der Waals surface area contributed by atoms with Crippen LogP contribution >= 0.6 is 23.1 Å². The van der Waals surface area contributed by atoms with E-state index in [-0.39, 0.29) is 5.71 Å². The summed E-state index contributed by atoms with van der Waals surface area (Å²) in [6.07, 6.45) is 3.51. The monoisotopic (exact) mass is 230 g/mol. The van der Waals surface area contributed by atoms with E-state index in [0.29, 0.717) is 16.8 Å². The maximum Gasteiger partial charge on any atom is 0.259 e. The zero-order valence-corrected chi connectivity index (χ0v) is 9.02. The Bertz CT molecular complexity index is 337. The summed E-state index contributed by atoms with van der Waals surface area (Å²) in [7, 11) is 0. The molecule has 5 nitrogen and oxygen atoms in total. The number of nitrogen functional groups attached to an aromatic ring is 1. The molecule has 0 saturated heterocycles. The highest BCUT2D eigenvalue weighted by Crippen LogP contribution is 2.11. The van der Waals surface area contributed by atoms with Gasteiger partial charge in [-0.1, -0.05) is 5.16 Å². The SMILES string of the molecule is CSCO/N=C(\[C]=O)c1csc(N)n1. The second-order valence-electron chi connectivity index (χ2n) is 2.15. The molecule has 0 spiro atoms. The summed E-state index contributed by atoms with van der Waals surface area (Å²) >= 11 is 2.69. The van der Waals surface area contributed by atoms with Crippen molar-refractivity contribution < 1.29 is 9.63 Å². The molecule has 1 radical (unpaired) electrons. The first-order chi connectivity index (χ1) is 6.77. The quantitative estimate of drug-likeness (QED) is 0.351. The summed E-state index contributed by atoms with van der Waals surface area (Å²) in [4.78, 5) is 19.2. The Balaban J connectivity index is 2.71. The second kappa shape index (κ2) is 5.61. The van der Waals surface area contributed by atoms with E-state index in [0.717, 1.165) is 0 Å².